The maximum absolute atomic E-state index is 11.9. The highest BCUT2D eigenvalue weighted by Crippen LogP contribution is 2.44. The minimum Gasteiger partial charge on any atom is -0.481 e. The zero-order valence-corrected chi connectivity index (χ0v) is 12.7. The smallest absolute Gasteiger partial charge is 0.314 e. The molecule has 0 aliphatic heterocycles. The predicted molar refractivity (Wildman–Crippen MR) is 77.3 cm³/mol. The molecule has 0 heterocycles. The highest BCUT2D eigenvalue weighted by molar-refractivity contribution is 9.10. The number of rotatable bonds is 4. The van der Waals surface area contributed by atoms with Gasteiger partial charge in [-0.05, 0) is 30.0 Å². The van der Waals surface area contributed by atoms with Gasteiger partial charge in [0.1, 0.15) is 0 Å². The summed E-state index contributed by atoms with van der Waals surface area (Å²) in [5.74, 6) is -0.712. The first-order valence-corrected chi connectivity index (χ1v) is 7.41. The van der Waals surface area contributed by atoms with Gasteiger partial charge in [0.15, 0.2) is 0 Å². The molecule has 0 bridgehead atoms. The third-order valence-corrected chi connectivity index (χ3v) is 4.66. The number of hydrogen-bond acceptors (Lipinski definition) is 2. The minimum atomic E-state index is -0.758. The summed E-state index contributed by atoms with van der Waals surface area (Å²) in [5.41, 5.74) is 1.12. The van der Waals surface area contributed by atoms with E-state index in [1.165, 1.54) is 0 Å². The molecule has 1 aromatic carbocycles. The Bertz CT molecular complexity index is 464. The van der Waals surface area contributed by atoms with Crippen LogP contribution in [-0.4, -0.2) is 18.2 Å². The van der Waals surface area contributed by atoms with Gasteiger partial charge in [0, 0.05) is 11.6 Å². The predicted octanol–water partition coefficient (Wildman–Crippen LogP) is 3.88. The Balaban J connectivity index is 2.55. The van der Waals surface area contributed by atoms with E-state index in [0.29, 0.717) is 19.4 Å². The van der Waals surface area contributed by atoms with Crippen molar-refractivity contribution in [1.29, 1.82) is 0 Å². The summed E-state index contributed by atoms with van der Waals surface area (Å²) < 4.78 is 6.11. The average Bonchev–Trinajstić information content (AvgIpc) is 2.40. The molecule has 3 nitrogen and oxygen atoms in total. The lowest BCUT2D eigenvalue weighted by atomic mass is 9.68. The van der Waals surface area contributed by atoms with Gasteiger partial charge in [0.05, 0.1) is 12.0 Å². The fraction of sp³-hybridized carbons (Fsp3) is 0.533. The molecule has 0 radical (unpaired) electrons. The van der Waals surface area contributed by atoms with Crippen LogP contribution in [-0.2, 0) is 21.6 Å². The van der Waals surface area contributed by atoms with Crippen molar-refractivity contribution in [2.45, 2.75) is 44.1 Å². The molecule has 1 N–H and O–H groups in total. The Morgan fingerprint density at radius 2 is 2.05 bits per heavy atom. The van der Waals surface area contributed by atoms with Crippen molar-refractivity contribution in [3.8, 4) is 0 Å². The number of aliphatic carboxylic acids is 1. The van der Waals surface area contributed by atoms with E-state index in [-0.39, 0.29) is 0 Å². The van der Waals surface area contributed by atoms with Crippen LogP contribution >= 0.6 is 15.9 Å². The Morgan fingerprint density at radius 1 is 1.37 bits per heavy atom. The van der Waals surface area contributed by atoms with Crippen LogP contribution in [0.4, 0.5) is 0 Å². The summed E-state index contributed by atoms with van der Waals surface area (Å²) in [7, 11) is 1.64. The van der Waals surface area contributed by atoms with Crippen LogP contribution < -0.4 is 0 Å². The zero-order valence-electron chi connectivity index (χ0n) is 11.1. The van der Waals surface area contributed by atoms with Crippen LogP contribution in [0.3, 0.4) is 0 Å². The number of carboxylic acids is 1. The van der Waals surface area contributed by atoms with Crippen molar-refractivity contribution in [1.82, 2.24) is 0 Å². The van der Waals surface area contributed by atoms with Gasteiger partial charge in [-0.15, -0.1) is 0 Å². The van der Waals surface area contributed by atoms with E-state index in [4.69, 9.17) is 4.74 Å². The number of ether oxygens (including phenoxy) is 1. The molecule has 1 fully saturated rings. The van der Waals surface area contributed by atoms with Gasteiger partial charge in [-0.1, -0.05) is 47.3 Å². The van der Waals surface area contributed by atoms with E-state index in [0.717, 1.165) is 34.9 Å². The lowest BCUT2D eigenvalue weighted by Crippen LogP contribution is -2.39. The second kappa shape index (κ2) is 6.06. The Morgan fingerprint density at radius 3 is 2.63 bits per heavy atom. The van der Waals surface area contributed by atoms with Crippen LogP contribution in [0, 0.1) is 0 Å². The van der Waals surface area contributed by atoms with E-state index < -0.39 is 11.4 Å². The topological polar surface area (TPSA) is 46.5 Å². The largest absolute Gasteiger partial charge is 0.481 e. The van der Waals surface area contributed by atoms with Gasteiger partial charge in [-0.3, -0.25) is 4.79 Å². The molecule has 1 aliphatic rings. The Kier molecular flexibility index (Phi) is 4.63. The highest BCUT2D eigenvalue weighted by atomic mass is 79.9. The Hall–Kier alpha value is -0.870. The summed E-state index contributed by atoms with van der Waals surface area (Å²) in [6.07, 6.45) is 4.49. The zero-order chi connectivity index (χ0) is 13.9. The maximum atomic E-state index is 11.9. The van der Waals surface area contributed by atoms with Crippen molar-refractivity contribution in [2.24, 2.45) is 0 Å². The van der Waals surface area contributed by atoms with E-state index in [1.807, 2.05) is 18.2 Å². The molecule has 104 valence electrons. The molecule has 2 rings (SSSR count). The summed E-state index contributed by atoms with van der Waals surface area (Å²) in [6, 6.07) is 5.82. The second-order valence-corrected chi connectivity index (χ2v) is 6.01. The molecule has 4 heteroatoms. The van der Waals surface area contributed by atoms with E-state index in [1.54, 1.807) is 7.11 Å². The molecule has 1 aromatic rings. The van der Waals surface area contributed by atoms with E-state index in [2.05, 4.69) is 15.9 Å². The molecule has 0 unspecified atom stereocenters. The molecule has 0 atom stereocenters. The first-order valence-electron chi connectivity index (χ1n) is 6.62. The van der Waals surface area contributed by atoms with Crippen molar-refractivity contribution < 1.29 is 14.6 Å². The number of carbonyl (C=O) groups is 1. The quantitative estimate of drug-likeness (QED) is 0.913. The average molecular weight is 327 g/mol. The van der Waals surface area contributed by atoms with Crippen molar-refractivity contribution >= 4 is 21.9 Å². The van der Waals surface area contributed by atoms with Gasteiger partial charge >= 0.3 is 5.97 Å². The third-order valence-electron chi connectivity index (χ3n) is 3.99. The number of hydrogen-bond donors (Lipinski definition) is 1. The summed E-state index contributed by atoms with van der Waals surface area (Å²) in [4.78, 5) is 11.9. The third kappa shape index (κ3) is 2.70. The minimum absolute atomic E-state index is 0.448. The summed E-state index contributed by atoms with van der Waals surface area (Å²) in [6.45, 7) is 0.448. The van der Waals surface area contributed by atoms with Crippen molar-refractivity contribution in [3.63, 3.8) is 0 Å². The van der Waals surface area contributed by atoms with Gasteiger partial charge in [0.2, 0.25) is 0 Å². The maximum Gasteiger partial charge on any atom is 0.314 e. The molecular formula is C15H19BrO3. The second-order valence-electron chi connectivity index (χ2n) is 5.15. The molecule has 19 heavy (non-hydrogen) atoms. The fourth-order valence-electron chi connectivity index (χ4n) is 3.11. The SMILES string of the molecule is COCc1cccc(Br)c1C1(C(=O)O)CCCCC1. The lowest BCUT2D eigenvalue weighted by Gasteiger charge is -2.35. The van der Waals surface area contributed by atoms with Crippen LogP contribution in [0.1, 0.15) is 43.2 Å². The van der Waals surface area contributed by atoms with Crippen LogP contribution in [0.2, 0.25) is 0 Å². The fourth-order valence-corrected chi connectivity index (χ4v) is 3.89. The Labute approximate surface area is 122 Å². The van der Waals surface area contributed by atoms with Gasteiger partial charge in [0.25, 0.3) is 0 Å². The first kappa shape index (κ1) is 14.5. The number of methoxy groups -OCH3 is 1. The summed E-state index contributed by atoms with van der Waals surface area (Å²) in [5, 5.41) is 9.80. The van der Waals surface area contributed by atoms with Gasteiger partial charge in [-0.25, -0.2) is 0 Å². The lowest BCUT2D eigenvalue weighted by molar-refractivity contribution is -0.145. The molecule has 0 amide bonds. The first-order chi connectivity index (χ1) is 9.12. The molecule has 1 saturated carbocycles. The number of benzene rings is 1. The summed E-state index contributed by atoms with van der Waals surface area (Å²) >= 11 is 3.54. The molecule has 0 saturated heterocycles. The van der Waals surface area contributed by atoms with Crippen molar-refractivity contribution in [2.75, 3.05) is 7.11 Å². The highest BCUT2D eigenvalue weighted by Gasteiger charge is 2.43. The molecule has 0 aromatic heterocycles. The monoisotopic (exact) mass is 326 g/mol. The van der Waals surface area contributed by atoms with E-state index in [9.17, 15) is 9.90 Å². The van der Waals surface area contributed by atoms with Crippen LogP contribution in [0.5, 0.6) is 0 Å². The normalized spacial score (nSPS) is 18.2. The molecular weight excluding hydrogens is 308 g/mol. The van der Waals surface area contributed by atoms with Gasteiger partial charge < -0.3 is 9.84 Å². The number of carboxylic acid groups (broad SMARTS) is 1. The van der Waals surface area contributed by atoms with E-state index >= 15 is 0 Å². The molecule has 1 aliphatic carbocycles. The molecule has 0 spiro atoms. The standard InChI is InChI=1S/C15H19BrO3/c1-19-10-11-6-5-7-12(16)13(11)15(14(17)18)8-3-2-4-9-15/h5-7H,2-4,8-10H2,1H3,(H,17,18). The van der Waals surface area contributed by atoms with Gasteiger partial charge in [-0.2, -0.15) is 0 Å². The van der Waals surface area contributed by atoms with Crippen LogP contribution in [0.25, 0.3) is 0 Å². The van der Waals surface area contributed by atoms with Crippen molar-refractivity contribution in [3.05, 3.63) is 33.8 Å². The van der Waals surface area contributed by atoms with Crippen LogP contribution in [0.15, 0.2) is 22.7 Å². The number of halogens is 1.